The van der Waals surface area contributed by atoms with Crippen molar-refractivity contribution in [2.75, 3.05) is 0 Å². The van der Waals surface area contributed by atoms with E-state index in [1.807, 2.05) is 0 Å². The molecule has 1 heterocycles. The minimum Gasteiger partial charge on any atom is -0.440 e. The van der Waals surface area contributed by atoms with Gasteiger partial charge in [-0.1, -0.05) is 0 Å². The molecule has 3 rings (SSSR count). The number of hydrogen-bond acceptors (Lipinski definition) is 3. The van der Waals surface area contributed by atoms with Gasteiger partial charge in [-0.05, 0) is 31.0 Å². The van der Waals surface area contributed by atoms with E-state index in [1.165, 1.54) is 12.8 Å². The zero-order valence-corrected chi connectivity index (χ0v) is 7.56. The fourth-order valence-electron chi connectivity index (χ4n) is 1.54. The molecule has 0 atom stereocenters. The molecule has 70 valence electrons. The van der Waals surface area contributed by atoms with E-state index in [1.54, 1.807) is 18.2 Å². The summed E-state index contributed by atoms with van der Waals surface area (Å²) in [6.45, 7) is 0. The van der Waals surface area contributed by atoms with Crippen LogP contribution in [0.1, 0.15) is 35.0 Å². The largest absolute Gasteiger partial charge is 0.440 e. The van der Waals surface area contributed by atoms with E-state index in [0.717, 1.165) is 23.3 Å². The minimum absolute atomic E-state index is 0.516. The van der Waals surface area contributed by atoms with Crippen molar-refractivity contribution in [3.05, 3.63) is 29.7 Å². The molecule has 2 aromatic rings. The Bertz CT molecular complexity index is 497. The normalized spacial score (nSPS) is 16.0. The molecule has 1 aliphatic rings. The van der Waals surface area contributed by atoms with Gasteiger partial charge in [0.2, 0.25) is 0 Å². The number of benzene rings is 1. The van der Waals surface area contributed by atoms with Crippen LogP contribution >= 0.6 is 0 Å². The van der Waals surface area contributed by atoms with E-state index in [-0.39, 0.29) is 0 Å². The SMILES string of the molecule is O=Cc1ccc2oc(C3CC3)nc2c1. The number of carbonyl (C=O) groups excluding carboxylic acids is 1. The number of rotatable bonds is 2. The van der Waals surface area contributed by atoms with Crippen molar-refractivity contribution in [1.29, 1.82) is 0 Å². The van der Waals surface area contributed by atoms with Crippen LogP contribution in [-0.4, -0.2) is 11.3 Å². The maximum absolute atomic E-state index is 10.5. The van der Waals surface area contributed by atoms with Crippen LogP contribution in [-0.2, 0) is 0 Å². The van der Waals surface area contributed by atoms with Crippen LogP contribution in [0, 0.1) is 0 Å². The number of fused-ring (bicyclic) bond motifs is 1. The Balaban J connectivity index is 2.17. The Kier molecular flexibility index (Phi) is 1.48. The third kappa shape index (κ3) is 1.13. The fourth-order valence-corrected chi connectivity index (χ4v) is 1.54. The summed E-state index contributed by atoms with van der Waals surface area (Å²) in [5.41, 5.74) is 2.21. The van der Waals surface area contributed by atoms with Gasteiger partial charge >= 0.3 is 0 Å². The lowest BCUT2D eigenvalue weighted by Crippen LogP contribution is -1.78. The number of carbonyl (C=O) groups is 1. The van der Waals surface area contributed by atoms with E-state index in [4.69, 9.17) is 4.42 Å². The summed E-state index contributed by atoms with van der Waals surface area (Å²) in [5, 5.41) is 0. The van der Waals surface area contributed by atoms with Gasteiger partial charge in [0.15, 0.2) is 11.5 Å². The lowest BCUT2D eigenvalue weighted by Gasteiger charge is -1.87. The number of aromatic nitrogens is 1. The van der Waals surface area contributed by atoms with E-state index >= 15 is 0 Å². The molecular formula is C11H9NO2. The molecule has 3 nitrogen and oxygen atoms in total. The van der Waals surface area contributed by atoms with E-state index < -0.39 is 0 Å². The molecule has 1 aromatic heterocycles. The quantitative estimate of drug-likeness (QED) is 0.678. The Morgan fingerprint density at radius 2 is 2.29 bits per heavy atom. The molecule has 0 bridgehead atoms. The highest BCUT2D eigenvalue weighted by Crippen LogP contribution is 2.40. The fraction of sp³-hybridized carbons (Fsp3) is 0.273. The van der Waals surface area contributed by atoms with Crippen molar-refractivity contribution in [3.8, 4) is 0 Å². The summed E-state index contributed by atoms with van der Waals surface area (Å²) < 4.78 is 5.56. The predicted octanol–water partition coefficient (Wildman–Crippen LogP) is 2.52. The standard InChI is InChI=1S/C11H9NO2/c13-6-7-1-4-10-9(5-7)12-11(14-10)8-2-3-8/h1,4-6,8H,2-3H2. The van der Waals surface area contributed by atoms with Gasteiger partial charge < -0.3 is 4.42 Å². The average molecular weight is 187 g/mol. The molecule has 1 fully saturated rings. The van der Waals surface area contributed by atoms with Gasteiger partial charge in [-0.2, -0.15) is 0 Å². The maximum Gasteiger partial charge on any atom is 0.198 e. The molecule has 1 saturated carbocycles. The molecule has 3 heteroatoms. The third-order valence-corrected chi connectivity index (χ3v) is 2.49. The first-order chi connectivity index (χ1) is 6.86. The van der Waals surface area contributed by atoms with Crippen LogP contribution < -0.4 is 0 Å². The zero-order chi connectivity index (χ0) is 9.54. The lowest BCUT2D eigenvalue weighted by atomic mass is 10.2. The summed E-state index contributed by atoms with van der Waals surface area (Å²) in [4.78, 5) is 14.9. The van der Waals surface area contributed by atoms with Crippen LogP contribution in [0.3, 0.4) is 0 Å². The van der Waals surface area contributed by atoms with E-state index in [2.05, 4.69) is 4.98 Å². The summed E-state index contributed by atoms with van der Waals surface area (Å²) in [6, 6.07) is 5.31. The molecule has 0 aliphatic heterocycles. The Morgan fingerprint density at radius 1 is 1.43 bits per heavy atom. The first kappa shape index (κ1) is 7.74. The molecule has 1 aromatic carbocycles. The average Bonchev–Trinajstić information content (AvgIpc) is 2.97. The molecule has 0 spiro atoms. The van der Waals surface area contributed by atoms with Gasteiger partial charge in [0.1, 0.15) is 11.8 Å². The number of oxazole rings is 1. The second-order valence-electron chi connectivity index (χ2n) is 3.67. The van der Waals surface area contributed by atoms with E-state index in [9.17, 15) is 4.79 Å². The highest BCUT2D eigenvalue weighted by molar-refractivity contribution is 5.83. The molecule has 0 N–H and O–H groups in total. The van der Waals surface area contributed by atoms with E-state index in [0.29, 0.717) is 11.5 Å². The molecular weight excluding hydrogens is 178 g/mol. The van der Waals surface area contributed by atoms with Crippen molar-refractivity contribution >= 4 is 17.4 Å². The Hall–Kier alpha value is -1.64. The minimum atomic E-state index is 0.516. The predicted molar refractivity (Wildman–Crippen MR) is 51.4 cm³/mol. The van der Waals surface area contributed by atoms with Gasteiger partial charge in [0.25, 0.3) is 0 Å². The van der Waals surface area contributed by atoms with Crippen LogP contribution in [0.25, 0.3) is 11.1 Å². The van der Waals surface area contributed by atoms with Gasteiger partial charge in [-0.25, -0.2) is 4.98 Å². The molecule has 1 aliphatic carbocycles. The van der Waals surface area contributed by atoms with Crippen molar-refractivity contribution < 1.29 is 9.21 Å². The van der Waals surface area contributed by atoms with Gasteiger partial charge in [-0.15, -0.1) is 0 Å². The number of nitrogens with zero attached hydrogens (tertiary/aromatic N) is 1. The topological polar surface area (TPSA) is 43.1 Å². The second kappa shape index (κ2) is 2.67. The Labute approximate surface area is 80.7 Å². The molecule has 14 heavy (non-hydrogen) atoms. The van der Waals surface area contributed by atoms with Gasteiger partial charge in [0.05, 0.1) is 0 Å². The number of hydrogen-bond donors (Lipinski definition) is 0. The maximum atomic E-state index is 10.5. The zero-order valence-electron chi connectivity index (χ0n) is 7.56. The third-order valence-electron chi connectivity index (χ3n) is 2.49. The van der Waals surface area contributed by atoms with Crippen molar-refractivity contribution in [2.45, 2.75) is 18.8 Å². The Morgan fingerprint density at radius 3 is 3.00 bits per heavy atom. The second-order valence-corrected chi connectivity index (χ2v) is 3.67. The molecule has 0 saturated heterocycles. The van der Waals surface area contributed by atoms with Crippen molar-refractivity contribution in [1.82, 2.24) is 4.98 Å². The van der Waals surface area contributed by atoms with Gasteiger partial charge in [-0.3, -0.25) is 4.79 Å². The lowest BCUT2D eigenvalue weighted by molar-refractivity contribution is 0.112. The first-order valence-electron chi connectivity index (χ1n) is 4.72. The van der Waals surface area contributed by atoms with Gasteiger partial charge in [0, 0.05) is 11.5 Å². The van der Waals surface area contributed by atoms with Crippen LogP contribution in [0.5, 0.6) is 0 Å². The van der Waals surface area contributed by atoms with Crippen molar-refractivity contribution in [2.24, 2.45) is 0 Å². The summed E-state index contributed by atoms with van der Waals surface area (Å²) in [7, 11) is 0. The molecule has 0 amide bonds. The monoisotopic (exact) mass is 187 g/mol. The smallest absolute Gasteiger partial charge is 0.198 e. The summed E-state index contributed by atoms with van der Waals surface area (Å²) in [6.07, 6.45) is 3.17. The highest BCUT2D eigenvalue weighted by atomic mass is 16.3. The van der Waals surface area contributed by atoms with Crippen molar-refractivity contribution in [3.63, 3.8) is 0 Å². The molecule has 0 unspecified atom stereocenters. The highest BCUT2D eigenvalue weighted by Gasteiger charge is 2.28. The summed E-state index contributed by atoms with van der Waals surface area (Å²) in [5.74, 6) is 1.34. The number of aldehydes is 1. The van der Waals surface area contributed by atoms with Crippen LogP contribution in [0.4, 0.5) is 0 Å². The summed E-state index contributed by atoms with van der Waals surface area (Å²) >= 11 is 0. The first-order valence-corrected chi connectivity index (χ1v) is 4.72. The molecule has 0 radical (unpaired) electrons. The van der Waals surface area contributed by atoms with Crippen LogP contribution in [0.15, 0.2) is 22.6 Å². The van der Waals surface area contributed by atoms with Crippen LogP contribution in [0.2, 0.25) is 0 Å².